The average Bonchev–Trinajstić information content (AvgIpc) is 3.75. The molecule has 12 nitrogen and oxygen atoms in total. The zero-order valence-electron chi connectivity index (χ0n) is 28.6. The van der Waals surface area contributed by atoms with Gasteiger partial charge in [-0.25, -0.2) is 22.0 Å². The van der Waals surface area contributed by atoms with Crippen LogP contribution in [0.2, 0.25) is 0 Å². The van der Waals surface area contributed by atoms with E-state index in [2.05, 4.69) is 57.9 Å². The molecule has 0 radical (unpaired) electrons. The third-order valence-corrected chi connectivity index (χ3v) is 9.89. The van der Waals surface area contributed by atoms with Gasteiger partial charge in [-0.05, 0) is 97.3 Å². The molecule has 0 aliphatic heterocycles. The SMILES string of the molecule is C.Cc1ncc(F)c(C)c1NC(=O)/C(F)=C/c1ccc2c(C#N)n[nH]c2c1.Cc1ncc(F)c(C)c1NC(=O)/C(F)=C/c1ccc2c(C#N)nn(PI)c2c1. The van der Waals surface area contributed by atoms with Gasteiger partial charge in [-0.1, -0.05) is 19.6 Å². The van der Waals surface area contributed by atoms with Crippen LogP contribution in [-0.2, 0) is 9.59 Å². The smallest absolute Gasteiger partial charge is 0.284 e. The van der Waals surface area contributed by atoms with E-state index in [0.717, 1.165) is 24.5 Å². The summed E-state index contributed by atoms with van der Waals surface area (Å²) >= 11 is 2.13. The van der Waals surface area contributed by atoms with E-state index in [4.69, 9.17) is 10.5 Å². The number of anilines is 2. The largest absolute Gasteiger partial charge is 0.318 e. The topological polar surface area (TPSA) is 178 Å². The zero-order valence-corrected chi connectivity index (χ0v) is 31.8. The Kier molecular flexibility index (Phi) is 13.5. The van der Waals surface area contributed by atoms with Crippen LogP contribution < -0.4 is 10.6 Å². The molecule has 3 N–H and O–H groups in total. The summed E-state index contributed by atoms with van der Waals surface area (Å²) < 4.78 is 57.6. The van der Waals surface area contributed by atoms with E-state index in [1.807, 2.05) is 12.1 Å². The predicted octanol–water partition coefficient (Wildman–Crippen LogP) is 8.97. The number of rotatable bonds is 7. The summed E-state index contributed by atoms with van der Waals surface area (Å²) in [6.45, 7) is 6.13. The zero-order chi connectivity index (χ0) is 39.3. The number of halogens is 5. The Morgan fingerprint density at radius 3 is 1.80 bits per heavy atom. The molecule has 18 heteroatoms. The number of nitrogens with zero attached hydrogens (tertiary/aromatic N) is 7. The number of benzene rings is 2. The molecule has 2 amide bonds. The average molecular weight is 881 g/mol. The van der Waals surface area contributed by atoms with Gasteiger partial charge in [0.1, 0.15) is 23.8 Å². The molecule has 0 fully saturated rings. The van der Waals surface area contributed by atoms with Crippen molar-refractivity contribution in [3.8, 4) is 12.1 Å². The quantitative estimate of drug-likeness (QED) is 0.0616. The molecule has 1 unspecified atom stereocenters. The second-order valence-corrected chi connectivity index (χ2v) is 13.5. The van der Waals surface area contributed by atoms with Crippen molar-refractivity contribution in [1.82, 2.24) is 29.7 Å². The Morgan fingerprint density at radius 2 is 1.31 bits per heavy atom. The van der Waals surface area contributed by atoms with Gasteiger partial charge < -0.3 is 10.6 Å². The number of fused-ring (bicyclic) bond motifs is 2. The van der Waals surface area contributed by atoms with E-state index in [1.54, 1.807) is 54.7 Å². The van der Waals surface area contributed by atoms with Crippen molar-refractivity contribution in [3.63, 3.8) is 0 Å². The summed E-state index contributed by atoms with van der Waals surface area (Å²) in [7, 11) is 0. The lowest BCUT2D eigenvalue weighted by Gasteiger charge is -2.10. The maximum atomic E-state index is 14.4. The second kappa shape index (κ2) is 17.9. The van der Waals surface area contributed by atoms with Crippen molar-refractivity contribution in [2.45, 2.75) is 35.1 Å². The maximum Gasteiger partial charge on any atom is 0.284 e. The van der Waals surface area contributed by atoms with E-state index >= 15 is 0 Å². The van der Waals surface area contributed by atoms with Crippen molar-refractivity contribution in [2.24, 2.45) is 0 Å². The van der Waals surface area contributed by atoms with Gasteiger partial charge in [0.25, 0.3) is 11.8 Å². The Balaban J connectivity index is 0.000000241. The van der Waals surface area contributed by atoms with Crippen molar-refractivity contribution in [2.75, 3.05) is 10.6 Å². The van der Waals surface area contributed by atoms with E-state index in [0.29, 0.717) is 44.3 Å². The van der Waals surface area contributed by atoms with Gasteiger partial charge in [0, 0.05) is 21.9 Å². The minimum atomic E-state index is -1.05. The summed E-state index contributed by atoms with van der Waals surface area (Å²) in [6, 6.07) is 13.6. The Morgan fingerprint density at radius 1 is 0.818 bits per heavy atom. The van der Waals surface area contributed by atoms with Gasteiger partial charge in [0.2, 0.25) is 0 Å². The number of aromatic nitrogens is 6. The van der Waals surface area contributed by atoms with Gasteiger partial charge >= 0.3 is 0 Å². The van der Waals surface area contributed by atoms with Crippen LogP contribution in [0.4, 0.5) is 28.9 Å². The standard InChI is InChI=1S/C18H13F2IN5OP.C18H13F2N5O.CH4/c1-9-14(20)8-23-10(2)17(9)24-18(27)13(19)5-11-3-4-12-15(7-22)25-26(28-21)16(12)6-11;1-9-14(20)8-22-10(2)17(9)23-18(26)13(19)5-11-3-4-12-15(6-11)24-25-16(12)7-21;/h3-6,8,28H,1-2H3,(H,24,27);3-6,8H,1-2H3,(H,23,26)(H,24,25);1H4/b2*13-5-;. The third-order valence-electron chi connectivity index (χ3n) is 8.01. The molecule has 0 spiro atoms. The van der Waals surface area contributed by atoms with Crippen molar-refractivity contribution in [1.29, 1.82) is 10.5 Å². The van der Waals surface area contributed by atoms with Gasteiger partial charge in [0.05, 0.1) is 52.6 Å². The fraction of sp³-hybridized carbons (Fsp3) is 0.135. The number of aryl methyl sites for hydroxylation is 2. The normalized spacial score (nSPS) is 11.5. The monoisotopic (exact) mass is 880 g/mol. The lowest BCUT2D eigenvalue weighted by atomic mass is 10.1. The molecule has 6 rings (SSSR count). The minimum absolute atomic E-state index is 0. The first kappa shape index (κ1) is 41.7. The number of hydrogen-bond acceptors (Lipinski definition) is 8. The Bertz CT molecular complexity index is 2630. The predicted molar refractivity (Wildman–Crippen MR) is 212 cm³/mol. The number of hydrogen-bond donors (Lipinski definition) is 3. The highest BCUT2D eigenvalue weighted by molar-refractivity contribution is 14.2. The molecule has 0 aliphatic carbocycles. The number of aromatic amines is 1. The number of carbonyl (C=O) groups is 2. The van der Waals surface area contributed by atoms with Crippen LogP contribution in [0.3, 0.4) is 0 Å². The van der Waals surface area contributed by atoms with E-state index < -0.39 is 35.1 Å². The first-order chi connectivity index (χ1) is 25.8. The van der Waals surface area contributed by atoms with Crippen LogP contribution in [0.25, 0.3) is 34.0 Å². The summed E-state index contributed by atoms with van der Waals surface area (Å²) in [5, 5.41) is 34.7. The van der Waals surface area contributed by atoms with Gasteiger partial charge in [-0.15, -0.1) is 0 Å². The number of nitriles is 2. The number of pyridine rings is 2. The summed E-state index contributed by atoms with van der Waals surface area (Å²) in [5.74, 6) is -5.27. The van der Waals surface area contributed by atoms with Crippen LogP contribution >= 0.6 is 28.4 Å². The molecular weight excluding hydrogens is 850 g/mol. The van der Waals surface area contributed by atoms with E-state index in [-0.39, 0.29) is 47.7 Å². The molecule has 0 bridgehead atoms. The second-order valence-electron chi connectivity index (χ2n) is 11.5. The lowest BCUT2D eigenvalue weighted by molar-refractivity contribution is -0.114. The molecule has 4 aromatic heterocycles. The summed E-state index contributed by atoms with van der Waals surface area (Å²) in [4.78, 5) is 31.9. The molecule has 0 aliphatic rings. The summed E-state index contributed by atoms with van der Waals surface area (Å²) in [5.41, 5.74) is 4.01. The van der Waals surface area contributed by atoms with Gasteiger partial charge in [0.15, 0.2) is 23.0 Å². The fourth-order valence-corrected chi connectivity index (χ4v) is 6.65. The fourth-order valence-electron chi connectivity index (χ4n) is 5.13. The molecule has 0 saturated carbocycles. The van der Waals surface area contributed by atoms with Crippen LogP contribution in [0, 0.1) is 62.0 Å². The van der Waals surface area contributed by atoms with E-state index in [1.165, 1.54) is 13.8 Å². The molecule has 1 atom stereocenters. The van der Waals surface area contributed by atoms with Crippen LogP contribution in [0.15, 0.2) is 60.4 Å². The minimum Gasteiger partial charge on any atom is -0.318 e. The molecule has 4 heterocycles. The molecule has 6 aromatic rings. The molecule has 2 aromatic carbocycles. The molecule has 280 valence electrons. The van der Waals surface area contributed by atoms with Crippen LogP contribution in [-0.4, -0.2) is 41.5 Å². The number of carbonyl (C=O) groups excluding carboxylic acids is 2. The van der Waals surface area contributed by atoms with Crippen molar-refractivity contribution >= 4 is 85.6 Å². The summed E-state index contributed by atoms with van der Waals surface area (Å²) in [6.07, 6.45) is 4.47. The van der Waals surface area contributed by atoms with Crippen LogP contribution in [0.5, 0.6) is 0 Å². The number of nitrogens with one attached hydrogen (secondary N) is 3. The van der Waals surface area contributed by atoms with Crippen molar-refractivity contribution < 1.29 is 27.2 Å². The van der Waals surface area contributed by atoms with Gasteiger partial charge in [-0.2, -0.15) is 20.7 Å². The highest BCUT2D eigenvalue weighted by Crippen LogP contribution is 2.31. The molecule has 55 heavy (non-hydrogen) atoms. The Labute approximate surface area is 326 Å². The Hall–Kier alpha value is -6.04. The first-order valence-corrected chi connectivity index (χ1v) is 19.6. The van der Waals surface area contributed by atoms with Crippen LogP contribution in [0.1, 0.15) is 52.5 Å². The molecule has 0 saturated heterocycles. The van der Waals surface area contributed by atoms with Gasteiger partial charge in [-0.3, -0.25) is 24.7 Å². The highest BCUT2D eigenvalue weighted by Gasteiger charge is 2.18. The van der Waals surface area contributed by atoms with Crippen molar-refractivity contribution in [3.05, 3.63) is 117 Å². The highest BCUT2D eigenvalue weighted by atomic mass is 127. The number of amides is 2. The number of H-pyrrole nitrogens is 1. The lowest BCUT2D eigenvalue weighted by Crippen LogP contribution is -2.15. The maximum absolute atomic E-state index is 14.4. The molecular formula is C37H30F4IN10O2P. The third kappa shape index (κ3) is 9.20. The van der Waals surface area contributed by atoms with E-state index in [9.17, 15) is 27.2 Å². The first-order valence-electron chi connectivity index (χ1n) is 15.5.